The first-order valence-corrected chi connectivity index (χ1v) is 6.06. The number of hydrogen-bond donors (Lipinski definition) is 2. The Morgan fingerprint density at radius 3 is 2.78 bits per heavy atom. The molecular formula is C12H15ClN2O3. The second-order valence-electron chi connectivity index (χ2n) is 4.94. The van der Waals surface area contributed by atoms with Crippen molar-refractivity contribution in [1.29, 1.82) is 0 Å². The van der Waals surface area contributed by atoms with Crippen molar-refractivity contribution in [2.45, 2.75) is 19.4 Å². The standard InChI is InChI=1S/C12H15ClN2O3/c1-7-5-15(6-12(7,2)18)9-4-3-8(13)10(14-9)11(16)17/h3-4,7,18H,5-6H2,1-2H3,(H,16,17)/t7-,12+/m1/s1. The highest BCUT2D eigenvalue weighted by Gasteiger charge is 2.39. The van der Waals surface area contributed by atoms with Gasteiger partial charge < -0.3 is 15.1 Å². The molecule has 1 aliphatic heterocycles. The van der Waals surface area contributed by atoms with E-state index in [2.05, 4.69) is 4.98 Å². The van der Waals surface area contributed by atoms with E-state index in [0.29, 0.717) is 18.9 Å². The van der Waals surface area contributed by atoms with Crippen molar-refractivity contribution in [1.82, 2.24) is 4.98 Å². The zero-order chi connectivity index (χ0) is 13.5. The predicted molar refractivity (Wildman–Crippen MR) is 68.2 cm³/mol. The zero-order valence-electron chi connectivity index (χ0n) is 10.2. The molecule has 0 spiro atoms. The SMILES string of the molecule is C[C@@H]1CN(c2ccc(Cl)c(C(=O)O)n2)C[C@]1(C)O. The van der Waals surface area contributed by atoms with Crippen LogP contribution in [0.2, 0.25) is 5.02 Å². The minimum Gasteiger partial charge on any atom is -0.476 e. The molecule has 1 aromatic heterocycles. The summed E-state index contributed by atoms with van der Waals surface area (Å²) in [4.78, 5) is 16.9. The number of aliphatic hydroxyl groups is 1. The van der Waals surface area contributed by atoms with E-state index in [4.69, 9.17) is 16.7 Å². The van der Waals surface area contributed by atoms with E-state index < -0.39 is 11.6 Å². The van der Waals surface area contributed by atoms with Gasteiger partial charge in [0.25, 0.3) is 0 Å². The Labute approximate surface area is 110 Å². The van der Waals surface area contributed by atoms with Crippen LogP contribution in [0.1, 0.15) is 24.3 Å². The van der Waals surface area contributed by atoms with Crippen LogP contribution in [0.5, 0.6) is 0 Å². The highest BCUT2D eigenvalue weighted by molar-refractivity contribution is 6.33. The van der Waals surface area contributed by atoms with Crippen LogP contribution in [0.3, 0.4) is 0 Å². The minimum absolute atomic E-state index is 0.100. The number of halogens is 1. The summed E-state index contributed by atoms with van der Waals surface area (Å²) in [6, 6.07) is 3.19. The molecule has 1 aromatic rings. The van der Waals surface area contributed by atoms with Crippen molar-refractivity contribution >= 4 is 23.4 Å². The number of aromatic nitrogens is 1. The normalized spacial score (nSPS) is 27.6. The lowest BCUT2D eigenvalue weighted by Gasteiger charge is -2.21. The van der Waals surface area contributed by atoms with E-state index in [1.54, 1.807) is 13.0 Å². The number of rotatable bonds is 2. The van der Waals surface area contributed by atoms with Gasteiger partial charge in [0.1, 0.15) is 5.82 Å². The second-order valence-corrected chi connectivity index (χ2v) is 5.35. The van der Waals surface area contributed by atoms with Gasteiger partial charge in [-0.05, 0) is 19.1 Å². The van der Waals surface area contributed by atoms with E-state index in [0.717, 1.165) is 0 Å². The predicted octanol–water partition coefficient (Wildman–Crippen LogP) is 1.64. The van der Waals surface area contributed by atoms with Gasteiger partial charge in [-0.3, -0.25) is 0 Å². The first-order valence-electron chi connectivity index (χ1n) is 5.68. The Balaban J connectivity index is 2.31. The van der Waals surface area contributed by atoms with E-state index in [1.807, 2.05) is 11.8 Å². The van der Waals surface area contributed by atoms with Crippen LogP contribution in [0.15, 0.2) is 12.1 Å². The largest absolute Gasteiger partial charge is 0.476 e. The number of nitrogens with zero attached hydrogens (tertiary/aromatic N) is 2. The molecule has 1 saturated heterocycles. The molecule has 1 aliphatic rings. The molecule has 0 amide bonds. The Bertz CT molecular complexity index is 490. The molecular weight excluding hydrogens is 256 g/mol. The minimum atomic E-state index is -1.15. The summed E-state index contributed by atoms with van der Waals surface area (Å²) in [5, 5.41) is 19.2. The topological polar surface area (TPSA) is 73.7 Å². The summed E-state index contributed by atoms with van der Waals surface area (Å²) in [7, 11) is 0. The fourth-order valence-corrected chi connectivity index (χ4v) is 2.25. The van der Waals surface area contributed by atoms with Crippen molar-refractivity contribution in [3.63, 3.8) is 0 Å². The molecule has 98 valence electrons. The maximum Gasteiger partial charge on any atom is 0.356 e. The van der Waals surface area contributed by atoms with Gasteiger partial charge in [-0.1, -0.05) is 18.5 Å². The van der Waals surface area contributed by atoms with Gasteiger partial charge in [0.15, 0.2) is 5.69 Å². The van der Waals surface area contributed by atoms with E-state index >= 15 is 0 Å². The van der Waals surface area contributed by atoms with Crippen LogP contribution in [-0.4, -0.2) is 39.9 Å². The summed E-state index contributed by atoms with van der Waals surface area (Å²) in [5.41, 5.74) is -0.946. The number of β-amino-alcohol motifs (C(OH)–C–C–N with tert-alkyl or cyclic N) is 1. The molecule has 2 rings (SSSR count). The number of carboxylic acid groups (broad SMARTS) is 1. The first-order chi connectivity index (χ1) is 8.31. The van der Waals surface area contributed by atoms with Gasteiger partial charge >= 0.3 is 5.97 Å². The van der Waals surface area contributed by atoms with Crippen molar-refractivity contribution in [3.8, 4) is 0 Å². The van der Waals surface area contributed by atoms with Crippen LogP contribution in [-0.2, 0) is 0 Å². The number of carbonyl (C=O) groups is 1. The van der Waals surface area contributed by atoms with Crippen molar-refractivity contribution in [2.75, 3.05) is 18.0 Å². The van der Waals surface area contributed by atoms with Crippen LogP contribution in [0.25, 0.3) is 0 Å². The molecule has 6 heteroatoms. The summed E-state index contributed by atoms with van der Waals surface area (Å²) >= 11 is 5.77. The zero-order valence-corrected chi connectivity index (χ0v) is 11.0. The molecule has 1 fully saturated rings. The lowest BCUT2D eigenvalue weighted by Crippen LogP contribution is -2.33. The Kier molecular flexibility index (Phi) is 3.21. The number of carboxylic acids is 1. The average molecular weight is 271 g/mol. The lowest BCUT2D eigenvalue weighted by atomic mass is 9.95. The molecule has 2 atom stereocenters. The Morgan fingerprint density at radius 1 is 1.61 bits per heavy atom. The third kappa shape index (κ3) is 2.28. The van der Waals surface area contributed by atoms with Gasteiger partial charge in [0.05, 0.1) is 10.6 Å². The molecule has 18 heavy (non-hydrogen) atoms. The fourth-order valence-electron chi connectivity index (χ4n) is 2.07. The van der Waals surface area contributed by atoms with Crippen molar-refractivity contribution < 1.29 is 15.0 Å². The number of hydrogen-bond acceptors (Lipinski definition) is 4. The number of aromatic carboxylic acids is 1. The first kappa shape index (κ1) is 13.1. The molecule has 2 N–H and O–H groups in total. The van der Waals surface area contributed by atoms with Gasteiger partial charge in [-0.2, -0.15) is 0 Å². The summed E-state index contributed by atoms with van der Waals surface area (Å²) in [6.45, 7) is 4.79. The molecule has 0 radical (unpaired) electrons. The van der Waals surface area contributed by atoms with Crippen LogP contribution >= 0.6 is 11.6 Å². The average Bonchev–Trinajstić information content (AvgIpc) is 2.53. The molecule has 0 bridgehead atoms. The number of anilines is 1. The highest BCUT2D eigenvalue weighted by atomic mass is 35.5. The van der Waals surface area contributed by atoms with Crippen molar-refractivity contribution in [3.05, 3.63) is 22.8 Å². The fraction of sp³-hybridized carbons (Fsp3) is 0.500. The molecule has 0 aromatic carbocycles. The Morgan fingerprint density at radius 2 is 2.28 bits per heavy atom. The third-order valence-corrected chi connectivity index (χ3v) is 3.73. The maximum atomic E-state index is 11.0. The maximum absolute atomic E-state index is 11.0. The summed E-state index contributed by atoms with van der Waals surface area (Å²) < 4.78 is 0. The lowest BCUT2D eigenvalue weighted by molar-refractivity contribution is 0.0443. The van der Waals surface area contributed by atoms with E-state index in [-0.39, 0.29) is 16.6 Å². The highest BCUT2D eigenvalue weighted by Crippen LogP contribution is 2.30. The van der Waals surface area contributed by atoms with Gasteiger partial charge in [0.2, 0.25) is 0 Å². The van der Waals surface area contributed by atoms with Gasteiger partial charge in [0, 0.05) is 19.0 Å². The van der Waals surface area contributed by atoms with E-state index in [1.165, 1.54) is 6.07 Å². The summed E-state index contributed by atoms with van der Waals surface area (Å²) in [5.74, 6) is -0.523. The number of pyridine rings is 1. The molecule has 0 aliphatic carbocycles. The quantitative estimate of drug-likeness (QED) is 0.855. The molecule has 0 unspecified atom stereocenters. The van der Waals surface area contributed by atoms with E-state index in [9.17, 15) is 9.90 Å². The van der Waals surface area contributed by atoms with Crippen LogP contribution < -0.4 is 4.90 Å². The molecule has 2 heterocycles. The molecule has 0 saturated carbocycles. The molecule has 5 nitrogen and oxygen atoms in total. The van der Waals surface area contributed by atoms with Crippen molar-refractivity contribution in [2.24, 2.45) is 5.92 Å². The smallest absolute Gasteiger partial charge is 0.356 e. The second kappa shape index (κ2) is 4.40. The van der Waals surface area contributed by atoms with Gasteiger partial charge in [-0.25, -0.2) is 9.78 Å². The van der Waals surface area contributed by atoms with Crippen LogP contribution in [0.4, 0.5) is 5.82 Å². The summed E-state index contributed by atoms with van der Waals surface area (Å²) in [6.07, 6.45) is 0. The van der Waals surface area contributed by atoms with Crippen LogP contribution in [0, 0.1) is 5.92 Å². The monoisotopic (exact) mass is 270 g/mol. The van der Waals surface area contributed by atoms with Gasteiger partial charge in [-0.15, -0.1) is 0 Å². The Hall–Kier alpha value is -1.33. The third-order valence-electron chi connectivity index (χ3n) is 3.42.